The van der Waals surface area contributed by atoms with Crippen LogP contribution in [0.25, 0.3) is 0 Å². The second kappa shape index (κ2) is 6.41. The van der Waals surface area contributed by atoms with E-state index in [0.29, 0.717) is 17.7 Å². The summed E-state index contributed by atoms with van der Waals surface area (Å²) in [6, 6.07) is 5.20. The molecule has 3 N–H and O–H groups in total. The maximum absolute atomic E-state index is 8.74. The van der Waals surface area contributed by atoms with Crippen molar-refractivity contribution in [1.29, 1.82) is 0 Å². The molecule has 0 atom stereocenters. The van der Waals surface area contributed by atoms with Gasteiger partial charge in [-0.2, -0.15) is 0 Å². The van der Waals surface area contributed by atoms with Gasteiger partial charge >= 0.3 is 0 Å². The van der Waals surface area contributed by atoms with Crippen molar-refractivity contribution in [1.82, 2.24) is 9.97 Å². The molecule has 0 radical (unpaired) electrons. The predicted molar refractivity (Wildman–Crippen MR) is 80.2 cm³/mol. The summed E-state index contributed by atoms with van der Waals surface area (Å²) < 4.78 is 5.72. The van der Waals surface area contributed by atoms with Crippen LogP contribution >= 0.6 is 11.6 Å². The summed E-state index contributed by atoms with van der Waals surface area (Å²) in [5, 5.41) is 11.8. The molecule has 0 aromatic carbocycles. The van der Waals surface area contributed by atoms with Crippen molar-refractivity contribution in [2.75, 3.05) is 0 Å². The molecule has 0 spiro atoms. The van der Waals surface area contributed by atoms with Crippen LogP contribution in [0.4, 0.5) is 0 Å². The van der Waals surface area contributed by atoms with Crippen molar-refractivity contribution < 1.29 is 9.94 Å². The quantitative estimate of drug-likeness (QED) is 0.392. The summed E-state index contributed by atoms with van der Waals surface area (Å²) in [6.07, 6.45) is 2.19. The maximum Gasteiger partial charge on any atom is 0.238 e. The van der Waals surface area contributed by atoms with E-state index < -0.39 is 0 Å². The Morgan fingerprint density at radius 1 is 1.43 bits per heavy atom. The molecule has 2 aromatic heterocycles. The van der Waals surface area contributed by atoms with Gasteiger partial charge in [0.25, 0.3) is 0 Å². The van der Waals surface area contributed by atoms with E-state index in [-0.39, 0.29) is 16.7 Å². The number of aromatic nitrogens is 2. The van der Waals surface area contributed by atoms with Crippen LogP contribution in [0.5, 0.6) is 11.6 Å². The highest BCUT2D eigenvalue weighted by Crippen LogP contribution is 2.31. The topological polar surface area (TPSA) is 93.6 Å². The van der Waals surface area contributed by atoms with Crippen molar-refractivity contribution in [2.24, 2.45) is 10.9 Å². The van der Waals surface area contributed by atoms with E-state index in [2.05, 4.69) is 15.1 Å². The number of halogens is 1. The lowest BCUT2D eigenvalue weighted by molar-refractivity contribution is 0.318. The molecule has 2 heterocycles. The summed E-state index contributed by atoms with van der Waals surface area (Å²) in [7, 11) is 0. The molecule has 2 aromatic rings. The zero-order chi connectivity index (χ0) is 15.4. The van der Waals surface area contributed by atoms with Crippen molar-refractivity contribution in [3.63, 3.8) is 0 Å². The van der Waals surface area contributed by atoms with E-state index in [1.807, 2.05) is 26.0 Å². The van der Waals surface area contributed by atoms with Gasteiger partial charge in [0.05, 0.1) is 5.69 Å². The average molecular weight is 307 g/mol. The molecule has 0 aliphatic carbocycles. The standard InChI is InChI=1S/C14H15ClN4O2/c1-3-10-11(5-4-8(2)18-10)21-14-12(15)9(6-7-17-14)13(16)19-20/h4-7,20H,3H2,1-2H3,(H2,16,19). The lowest BCUT2D eigenvalue weighted by Gasteiger charge is -2.11. The van der Waals surface area contributed by atoms with E-state index >= 15 is 0 Å². The Kier molecular flexibility index (Phi) is 4.59. The second-order valence-electron chi connectivity index (χ2n) is 4.32. The summed E-state index contributed by atoms with van der Waals surface area (Å²) in [6.45, 7) is 3.89. The van der Waals surface area contributed by atoms with Gasteiger partial charge in [0.15, 0.2) is 11.6 Å². The SMILES string of the molecule is CCc1nc(C)ccc1Oc1nccc(/C(N)=N/O)c1Cl. The van der Waals surface area contributed by atoms with Crippen molar-refractivity contribution in [3.8, 4) is 11.6 Å². The number of amidine groups is 1. The van der Waals surface area contributed by atoms with Gasteiger partial charge < -0.3 is 15.7 Å². The van der Waals surface area contributed by atoms with E-state index in [9.17, 15) is 0 Å². The Bertz CT molecular complexity index is 689. The number of nitrogens with zero attached hydrogens (tertiary/aromatic N) is 3. The molecule has 0 aliphatic heterocycles. The smallest absolute Gasteiger partial charge is 0.238 e. The monoisotopic (exact) mass is 306 g/mol. The first-order valence-corrected chi connectivity index (χ1v) is 6.71. The molecule has 6 nitrogen and oxygen atoms in total. The molecule has 2 rings (SSSR count). The third kappa shape index (κ3) is 3.22. The van der Waals surface area contributed by atoms with Gasteiger partial charge in [0, 0.05) is 17.5 Å². The molecule has 0 saturated heterocycles. The van der Waals surface area contributed by atoms with Gasteiger partial charge in [0.1, 0.15) is 5.02 Å². The molecule has 0 bridgehead atoms. The fraction of sp³-hybridized carbons (Fsp3) is 0.214. The molecule has 110 valence electrons. The first kappa shape index (κ1) is 15.1. The van der Waals surface area contributed by atoms with Crippen LogP contribution in [0.2, 0.25) is 5.02 Å². The average Bonchev–Trinajstić information content (AvgIpc) is 2.50. The van der Waals surface area contributed by atoms with Crippen molar-refractivity contribution in [3.05, 3.63) is 46.4 Å². The third-order valence-corrected chi connectivity index (χ3v) is 3.22. The van der Waals surface area contributed by atoms with Gasteiger partial charge in [0.2, 0.25) is 5.88 Å². The van der Waals surface area contributed by atoms with Crippen LogP contribution < -0.4 is 10.5 Å². The van der Waals surface area contributed by atoms with Gasteiger partial charge in [-0.25, -0.2) is 4.98 Å². The Hall–Kier alpha value is -2.34. The fourth-order valence-electron chi connectivity index (χ4n) is 1.80. The highest BCUT2D eigenvalue weighted by molar-refractivity contribution is 6.35. The number of hydrogen-bond acceptors (Lipinski definition) is 5. The Balaban J connectivity index is 2.41. The minimum Gasteiger partial charge on any atom is -0.436 e. The molecule has 7 heteroatoms. The molecule has 0 unspecified atom stereocenters. The highest BCUT2D eigenvalue weighted by Gasteiger charge is 2.14. The Morgan fingerprint density at radius 2 is 2.19 bits per heavy atom. The molecular formula is C14H15ClN4O2. The number of nitrogens with two attached hydrogens (primary N) is 1. The van der Waals surface area contributed by atoms with Crippen molar-refractivity contribution >= 4 is 17.4 Å². The number of oxime groups is 1. The molecule has 0 saturated carbocycles. The van der Waals surface area contributed by atoms with Crippen LogP contribution in [0.15, 0.2) is 29.6 Å². The molecule has 21 heavy (non-hydrogen) atoms. The summed E-state index contributed by atoms with van der Waals surface area (Å²) in [4.78, 5) is 8.48. The van der Waals surface area contributed by atoms with E-state index in [0.717, 1.165) is 11.4 Å². The highest BCUT2D eigenvalue weighted by atomic mass is 35.5. The van der Waals surface area contributed by atoms with Gasteiger partial charge in [-0.1, -0.05) is 23.7 Å². The van der Waals surface area contributed by atoms with Crippen LogP contribution in [-0.2, 0) is 6.42 Å². The van der Waals surface area contributed by atoms with E-state index in [1.54, 1.807) is 6.07 Å². The van der Waals surface area contributed by atoms with Crippen LogP contribution in [0.1, 0.15) is 23.9 Å². The first-order chi connectivity index (χ1) is 10.1. The van der Waals surface area contributed by atoms with Gasteiger partial charge in [-0.05, 0) is 31.5 Å². The normalized spacial score (nSPS) is 11.5. The lowest BCUT2D eigenvalue weighted by atomic mass is 10.2. The Morgan fingerprint density at radius 3 is 2.86 bits per heavy atom. The number of pyridine rings is 2. The first-order valence-electron chi connectivity index (χ1n) is 6.33. The minimum atomic E-state index is -0.106. The van der Waals surface area contributed by atoms with Gasteiger partial charge in [-0.15, -0.1) is 0 Å². The van der Waals surface area contributed by atoms with Crippen molar-refractivity contribution in [2.45, 2.75) is 20.3 Å². The fourth-order valence-corrected chi connectivity index (χ4v) is 2.04. The predicted octanol–water partition coefficient (Wildman–Crippen LogP) is 2.89. The second-order valence-corrected chi connectivity index (χ2v) is 4.69. The summed E-state index contributed by atoms with van der Waals surface area (Å²) in [5.41, 5.74) is 7.62. The number of aryl methyl sites for hydroxylation is 2. The number of rotatable bonds is 4. The molecule has 0 amide bonds. The number of hydrogen-bond donors (Lipinski definition) is 2. The third-order valence-electron chi connectivity index (χ3n) is 2.85. The lowest BCUT2D eigenvalue weighted by Crippen LogP contribution is -2.14. The van der Waals surface area contributed by atoms with Crippen LogP contribution in [-0.4, -0.2) is 21.0 Å². The minimum absolute atomic E-state index is 0.106. The van der Waals surface area contributed by atoms with Crippen LogP contribution in [0, 0.1) is 6.92 Å². The molecular weight excluding hydrogens is 292 g/mol. The molecule has 0 fully saturated rings. The molecule has 0 aliphatic rings. The van der Waals surface area contributed by atoms with Crippen LogP contribution in [0.3, 0.4) is 0 Å². The largest absolute Gasteiger partial charge is 0.436 e. The summed E-state index contributed by atoms with van der Waals surface area (Å²) in [5.74, 6) is 0.653. The maximum atomic E-state index is 8.74. The number of ether oxygens (including phenoxy) is 1. The summed E-state index contributed by atoms with van der Waals surface area (Å²) >= 11 is 6.18. The zero-order valence-corrected chi connectivity index (χ0v) is 12.4. The van der Waals surface area contributed by atoms with E-state index in [4.69, 9.17) is 27.3 Å². The van der Waals surface area contributed by atoms with E-state index in [1.165, 1.54) is 6.20 Å². The Labute approximate surface area is 127 Å². The zero-order valence-electron chi connectivity index (χ0n) is 11.7. The van der Waals surface area contributed by atoms with Gasteiger partial charge in [-0.3, -0.25) is 4.98 Å².